The second-order valence-corrected chi connectivity index (χ2v) is 4.76. The van der Waals surface area contributed by atoms with Crippen LogP contribution in [0, 0.1) is 0 Å². The van der Waals surface area contributed by atoms with Gasteiger partial charge in [0.05, 0.1) is 12.2 Å². The molecule has 1 fully saturated rings. The van der Waals surface area contributed by atoms with Crippen LogP contribution in [0.4, 0.5) is 4.79 Å². The van der Waals surface area contributed by atoms with Crippen molar-refractivity contribution in [1.82, 2.24) is 20.8 Å². The molecular formula is C13H20N4O2. The Labute approximate surface area is 112 Å². The first-order chi connectivity index (χ1) is 9.15. The van der Waals surface area contributed by atoms with Crippen LogP contribution < -0.4 is 16.2 Å². The zero-order chi connectivity index (χ0) is 13.8. The van der Waals surface area contributed by atoms with Gasteiger partial charge in [0.25, 0.3) is 5.56 Å². The van der Waals surface area contributed by atoms with Crippen LogP contribution in [0.3, 0.4) is 0 Å². The largest absolute Gasteiger partial charge is 0.335 e. The average molecular weight is 264 g/mol. The van der Waals surface area contributed by atoms with Gasteiger partial charge < -0.3 is 10.6 Å². The lowest BCUT2D eigenvalue weighted by molar-refractivity contribution is 0.240. The fourth-order valence-electron chi connectivity index (χ4n) is 2.09. The van der Waals surface area contributed by atoms with Gasteiger partial charge in [0.15, 0.2) is 0 Å². The number of H-pyrrole nitrogens is 1. The van der Waals surface area contributed by atoms with Crippen molar-refractivity contribution in [3.8, 4) is 0 Å². The lowest BCUT2D eigenvalue weighted by Crippen LogP contribution is -2.38. The second kappa shape index (κ2) is 5.86. The number of hydrogen-bond acceptors (Lipinski definition) is 3. The van der Waals surface area contributed by atoms with Crippen molar-refractivity contribution < 1.29 is 4.79 Å². The highest BCUT2D eigenvalue weighted by atomic mass is 16.2. The molecule has 2 amide bonds. The molecule has 0 spiro atoms. The normalized spacial score (nSPS) is 14.2. The number of aromatic amines is 1. The van der Waals surface area contributed by atoms with Gasteiger partial charge in [-0.25, -0.2) is 9.89 Å². The van der Waals surface area contributed by atoms with Crippen LogP contribution in [0.5, 0.6) is 0 Å². The van der Waals surface area contributed by atoms with E-state index in [0.717, 1.165) is 36.9 Å². The van der Waals surface area contributed by atoms with Crippen molar-refractivity contribution in [2.75, 3.05) is 0 Å². The van der Waals surface area contributed by atoms with Crippen molar-refractivity contribution in [1.29, 1.82) is 0 Å². The summed E-state index contributed by atoms with van der Waals surface area (Å²) < 4.78 is 0. The van der Waals surface area contributed by atoms with Gasteiger partial charge in [-0.15, -0.1) is 0 Å². The van der Waals surface area contributed by atoms with E-state index in [0.29, 0.717) is 11.6 Å². The molecule has 1 heterocycles. The van der Waals surface area contributed by atoms with E-state index in [1.807, 2.05) is 13.8 Å². The highest BCUT2D eigenvalue weighted by Crippen LogP contribution is 2.18. The topological polar surface area (TPSA) is 86.9 Å². The highest BCUT2D eigenvalue weighted by Gasteiger charge is 2.23. The molecule has 104 valence electrons. The van der Waals surface area contributed by atoms with Gasteiger partial charge in [0.1, 0.15) is 0 Å². The minimum absolute atomic E-state index is 0.209. The van der Waals surface area contributed by atoms with E-state index in [2.05, 4.69) is 20.8 Å². The molecule has 1 aromatic heterocycles. The Hall–Kier alpha value is -1.85. The zero-order valence-electron chi connectivity index (χ0n) is 11.4. The van der Waals surface area contributed by atoms with Crippen molar-refractivity contribution in [3.63, 3.8) is 0 Å². The average Bonchev–Trinajstić information content (AvgIpc) is 3.20. The van der Waals surface area contributed by atoms with E-state index < -0.39 is 0 Å². The number of rotatable bonds is 5. The molecule has 0 aliphatic heterocycles. The Balaban J connectivity index is 2.09. The third-order valence-electron chi connectivity index (χ3n) is 3.31. The number of nitrogens with one attached hydrogen (secondary N) is 3. The Morgan fingerprint density at radius 2 is 2.05 bits per heavy atom. The molecule has 1 saturated carbocycles. The summed E-state index contributed by atoms with van der Waals surface area (Å²) in [5.41, 5.74) is 2.22. The van der Waals surface area contributed by atoms with Crippen LogP contribution in [0.1, 0.15) is 43.5 Å². The van der Waals surface area contributed by atoms with Crippen molar-refractivity contribution in [2.24, 2.45) is 0 Å². The Bertz CT molecular complexity index is 520. The van der Waals surface area contributed by atoms with Gasteiger partial charge in [0.2, 0.25) is 0 Å². The maximum Gasteiger partial charge on any atom is 0.315 e. The van der Waals surface area contributed by atoms with Crippen LogP contribution in [0.25, 0.3) is 0 Å². The third-order valence-corrected chi connectivity index (χ3v) is 3.31. The molecule has 6 nitrogen and oxygen atoms in total. The summed E-state index contributed by atoms with van der Waals surface area (Å²) >= 11 is 0. The first-order valence-corrected chi connectivity index (χ1v) is 6.79. The number of nitrogens with zero attached hydrogens (tertiary/aromatic N) is 1. The number of amides is 2. The van der Waals surface area contributed by atoms with Gasteiger partial charge in [-0.3, -0.25) is 4.79 Å². The van der Waals surface area contributed by atoms with Gasteiger partial charge >= 0.3 is 6.03 Å². The minimum Gasteiger partial charge on any atom is -0.335 e. The van der Waals surface area contributed by atoms with Crippen LogP contribution in [-0.4, -0.2) is 22.3 Å². The van der Waals surface area contributed by atoms with Gasteiger partial charge in [-0.1, -0.05) is 13.8 Å². The zero-order valence-corrected chi connectivity index (χ0v) is 11.4. The lowest BCUT2D eigenvalue weighted by atomic mass is 10.0. The first kappa shape index (κ1) is 13.6. The summed E-state index contributed by atoms with van der Waals surface area (Å²) in [6, 6.07) is 0.103. The quantitative estimate of drug-likeness (QED) is 0.737. The molecule has 6 heteroatoms. The van der Waals surface area contributed by atoms with E-state index in [-0.39, 0.29) is 18.1 Å². The van der Waals surface area contributed by atoms with Crippen LogP contribution in [0.2, 0.25) is 0 Å². The van der Waals surface area contributed by atoms with Gasteiger partial charge in [-0.2, -0.15) is 5.10 Å². The number of aryl methyl sites for hydroxylation is 1. The smallest absolute Gasteiger partial charge is 0.315 e. The summed E-state index contributed by atoms with van der Waals surface area (Å²) in [5.74, 6) is 0. The molecule has 3 N–H and O–H groups in total. The van der Waals surface area contributed by atoms with E-state index in [1.165, 1.54) is 0 Å². The van der Waals surface area contributed by atoms with E-state index in [9.17, 15) is 9.59 Å². The van der Waals surface area contributed by atoms with E-state index in [1.54, 1.807) is 0 Å². The standard InChI is InChI=1S/C13H20N4O2/c1-3-9-10(12(18)17-16-11(9)4-2)7-14-13(19)15-8-5-6-8/h8H,3-7H2,1-2H3,(H,17,18)(H2,14,15,19). The molecule has 0 aromatic carbocycles. The van der Waals surface area contributed by atoms with Crippen molar-refractivity contribution in [2.45, 2.75) is 52.1 Å². The highest BCUT2D eigenvalue weighted by molar-refractivity contribution is 5.74. The summed E-state index contributed by atoms with van der Waals surface area (Å²) in [6.07, 6.45) is 3.59. The summed E-state index contributed by atoms with van der Waals surface area (Å²) in [7, 11) is 0. The fourth-order valence-corrected chi connectivity index (χ4v) is 2.09. The number of carbonyl (C=O) groups excluding carboxylic acids is 1. The fraction of sp³-hybridized carbons (Fsp3) is 0.615. The second-order valence-electron chi connectivity index (χ2n) is 4.76. The molecule has 0 bridgehead atoms. The van der Waals surface area contributed by atoms with Gasteiger partial charge in [-0.05, 0) is 31.2 Å². The molecule has 19 heavy (non-hydrogen) atoms. The molecule has 0 unspecified atom stereocenters. The Morgan fingerprint density at radius 1 is 1.32 bits per heavy atom. The molecule has 0 saturated heterocycles. The number of aromatic nitrogens is 2. The molecule has 1 aromatic rings. The third kappa shape index (κ3) is 3.33. The minimum atomic E-state index is -0.222. The SMILES string of the molecule is CCc1n[nH]c(=O)c(CNC(=O)NC2CC2)c1CC. The molecule has 0 atom stereocenters. The molecular weight excluding hydrogens is 244 g/mol. The lowest BCUT2D eigenvalue weighted by Gasteiger charge is -2.11. The maximum atomic E-state index is 11.8. The summed E-state index contributed by atoms with van der Waals surface area (Å²) in [6.45, 7) is 4.23. The van der Waals surface area contributed by atoms with Crippen LogP contribution in [-0.2, 0) is 19.4 Å². The predicted molar refractivity (Wildman–Crippen MR) is 72.0 cm³/mol. The van der Waals surface area contributed by atoms with Crippen molar-refractivity contribution >= 4 is 6.03 Å². The molecule has 1 aliphatic rings. The predicted octanol–water partition coefficient (Wildman–Crippen LogP) is 0.856. The van der Waals surface area contributed by atoms with Crippen LogP contribution in [0.15, 0.2) is 4.79 Å². The monoisotopic (exact) mass is 264 g/mol. The number of hydrogen-bond donors (Lipinski definition) is 3. The molecule has 0 radical (unpaired) electrons. The summed E-state index contributed by atoms with van der Waals surface area (Å²) in [5, 5.41) is 12.1. The number of urea groups is 1. The Morgan fingerprint density at radius 3 is 2.63 bits per heavy atom. The van der Waals surface area contributed by atoms with Crippen molar-refractivity contribution in [3.05, 3.63) is 27.2 Å². The first-order valence-electron chi connectivity index (χ1n) is 6.79. The van der Waals surface area contributed by atoms with Gasteiger partial charge in [0, 0.05) is 11.6 Å². The Kier molecular flexibility index (Phi) is 4.19. The number of carbonyl (C=O) groups is 1. The van der Waals surface area contributed by atoms with E-state index >= 15 is 0 Å². The maximum absolute atomic E-state index is 11.8. The molecule has 2 rings (SSSR count). The summed E-state index contributed by atoms with van der Waals surface area (Å²) in [4.78, 5) is 23.4. The van der Waals surface area contributed by atoms with Crippen LogP contribution >= 0.6 is 0 Å². The molecule has 1 aliphatic carbocycles. The van der Waals surface area contributed by atoms with E-state index in [4.69, 9.17) is 0 Å².